The molecule has 0 saturated carbocycles. The second-order valence-corrected chi connectivity index (χ2v) is 6.21. The van der Waals surface area contributed by atoms with Gasteiger partial charge in [0.15, 0.2) is 0 Å². The smallest absolute Gasteiger partial charge is 0.314 e. The first-order chi connectivity index (χ1) is 11.8. The molecule has 0 radical (unpaired) electrons. The molecule has 1 aromatic heterocycles. The first-order valence-electron chi connectivity index (χ1n) is 7.93. The van der Waals surface area contributed by atoms with Crippen LogP contribution in [0.25, 0.3) is 10.9 Å². The third-order valence-corrected chi connectivity index (χ3v) is 3.77. The van der Waals surface area contributed by atoms with Crippen LogP contribution in [0.15, 0.2) is 24.3 Å². The Morgan fingerprint density at radius 2 is 2.16 bits per heavy atom. The summed E-state index contributed by atoms with van der Waals surface area (Å²) in [6, 6.07) is 8.34. The second-order valence-electron chi connectivity index (χ2n) is 6.21. The molecule has 1 unspecified atom stereocenters. The number of hydrogen-bond donors (Lipinski definition) is 0. The molecule has 130 valence electrons. The predicted octanol–water partition coefficient (Wildman–Crippen LogP) is 3.65. The summed E-state index contributed by atoms with van der Waals surface area (Å²) in [4.78, 5) is 27.4. The van der Waals surface area contributed by atoms with Crippen LogP contribution in [0.5, 0.6) is 0 Å². The standard InChI is InChI=1S/C18H19N3O4/c1-11(2)10-25-18(22)14(7-8-19)15-9-13-5-4-6-16(21(23)24)17(13)20-12(15)3/h4-6,9,11,14H,7,10H2,1-3H3. The van der Waals surface area contributed by atoms with E-state index in [9.17, 15) is 14.9 Å². The molecule has 2 aromatic rings. The van der Waals surface area contributed by atoms with Crippen molar-refractivity contribution in [3.63, 3.8) is 0 Å². The highest BCUT2D eigenvalue weighted by Crippen LogP contribution is 2.30. The van der Waals surface area contributed by atoms with Gasteiger partial charge in [-0.3, -0.25) is 14.9 Å². The average Bonchev–Trinajstić information content (AvgIpc) is 2.56. The number of nitriles is 1. The molecule has 0 N–H and O–H groups in total. The minimum absolute atomic E-state index is 0.0418. The molecular formula is C18H19N3O4. The van der Waals surface area contributed by atoms with Crippen LogP contribution in [0.2, 0.25) is 0 Å². The molecule has 7 heteroatoms. The summed E-state index contributed by atoms with van der Waals surface area (Å²) in [6.07, 6.45) is -0.0418. The number of pyridine rings is 1. The SMILES string of the molecule is Cc1nc2c([N+](=O)[O-])cccc2cc1C(CC#N)C(=O)OCC(C)C. The summed E-state index contributed by atoms with van der Waals surface area (Å²) in [5, 5.41) is 20.8. The number of hydrogen-bond acceptors (Lipinski definition) is 6. The Bertz CT molecular complexity index is 855. The minimum Gasteiger partial charge on any atom is -0.465 e. The summed E-state index contributed by atoms with van der Waals surface area (Å²) >= 11 is 0. The molecule has 2 rings (SSSR count). The highest BCUT2D eigenvalue weighted by atomic mass is 16.6. The molecule has 0 saturated heterocycles. The normalized spacial score (nSPS) is 12.0. The number of carbonyl (C=O) groups is 1. The molecule has 0 spiro atoms. The number of benzene rings is 1. The van der Waals surface area contributed by atoms with E-state index < -0.39 is 16.8 Å². The zero-order chi connectivity index (χ0) is 18.6. The highest BCUT2D eigenvalue weighted by molar-refractivity contribution is 5.89. The first kappa shape index (κ1) is 18.3. The van der Waals surface area contributed by atoms with E-state index in [2.05, 4.69) is 4.98 Å². The second kappa shape index (κ2) is 7.71. The van der Waals surface area contributed by atoms with Crippen LogP contribution in [0.3, 0.4) is 0 Å². The third-order valence-electron chi connectivity index (χ3n) is 3.77. The van der Waals surface area contributed by atoms with Crippen molar-refractivity contribution in [2.24, 2.45) is 5.92 Å². The van der Waals surface area contributed by atoms with Crippen molar-refractivity contribution >= 4 is 22.6 Å². The fourth-order valence-corrected chi connectivity index (χ4v) is 2.55. The van der Waals surface area contributed by atoms with E-state index in [4.69, 9.17) is 10.00 Å². The van der Waals surface area contributed by atoms with Gasteiger partial charge in [-0.05, 0) is 24.5 Å². The lowest BCUT2D eigenvalue weighted by atomic mass is 9.93. The van der Waals surface area contributed by atoms with Gasteiger partial charge in [0.25, 0.3) is 5.69 Å². The molecule has 0 bridgehead atoms. The summed E-state index contributed by atoms with van der Waals surface area (Å²) in [5.41, 5.74) is 1.21. The Morgan fingerprint density at radius 1 is 1.44 bits per heavy atom. The molecule has 0 amide bonds. The van der Waals surface area contributed by atoms with E-state index in [0.717, 1.165) is 0 Å². The summed E-state index contributed by atoms with van der Waals surface area (Å²) in [6.45, 7) is 5.79. The van der Waals surface area contributed by atoms with Gasteiger partial charge < -0.3 is 4.74 Å². The van der Waals surface area contributed by atoms with Crippen molar-refractivity contribution in [2.75, 3.05) is 6.61 Å². The Hall–Kier alpha value is -3.01. The molecule has 0 fully saturated rings. The van der Waals surface area contributed by atoms with Crippen molar-refractivity contribution < 1.29 is 14.5 Å². The number of aromatic nitrogens is 1. The lowest BCUT2D eigenvalue weighted by Gasteiger charge is -2.17. The Balaban J connectivity index is 2.50. The van der Waals surface area contributed by atoms with E-state index in [1.165, 1.54) is 6.07 Å². The summed E-state index contributed by atoms with van der Waals surface area (Å²) in [5.74, 6) is -1.06. The maximum atomic E-state index is 12.4. The van der Waals surface area contributed by atoms with Crippen molar-refractivity contribution in [2.45, 2.75) is 33.1 Å². The zero-order valence-corrected chi connectivity index (χ0v) is 14.4. The van der Waals surface area contributed by atoms with E-state index in [-0.39, 0.29) is 30.1 Å². The van der Waals surface area contributed by atoms with E-state index in [1.54, 1.807) is 25.1 Å². The van der Waals surface area contributed by atoms with Gasteiger partial charge in [0.05, 0.1) is 29.9 Å². The molecule has 1 atom stereocenters. The number of nitro benzene ring substituents is 1. The van der Waals surface area contributed by atoms with Crippen LogP contribution in [0.1, 0.15) is 37.4 Å². The van der Waals surface area contributed by atoms with Gasteiger partial charge in [0, 0.05) is 17.1 Å². The number of aryl methyl sites for hydroxylation is 1. The van der Waals surface area contributed by atoms with Crippen molar-refractivity contribution in [1.82, 2.24) is 4.98 Å². The Kier molecular flexibility index (Phi) is 5.65. The number of carbonyl (C=O) groups excluding carboxylic acids is 1. The maximum absolute atomic E-state index is 12.4. The van der Waals surface area contributed by atoms with E-state index in [1.807, 2.05) is 19.9 Å². The third kappa shape index (κ3) is 4.10. The van der Waals surface area contributed by atoms with Crippen LogP contribution in [-0.2, 0) is 9.53 Å². The number of nitro groups is 1. The molecular weight excluding hydrogens is 322 g/mol. The van der Waals surface area contributed by atoms with E-state index in [0.29, 0.717) is 16.6 Å². The van der Waals surface area contributed by atoms with Gasteiger partial charge in [0.1, 0.15) is 5.52 Å². The van der Waals surface area contributed by atoms with Gasteiger partial charge in [-0.2, -0.15) is 5.26 Å². The molecule has 0 aliphatic heterocycles. The molecule has 1 heterocycles. The number of nitrogens with zero attached hydrogens (tertiary/aromatic N) is 3. The molecule has 0 aliphatic rings. The predicted molar refractivity (Wildman–Crippen MR) is 91.9 cm³/mol. The fourth-order valence-electron chi connectivity index (χ4n) is 2.55. The van der Waals surface area contributed by atoms with Crippen molar-refractivity contribution in [3.8, 4) is 6.07 Å². The number of rotatable bonds is 6. The highest BCUT2D eigenvalue weighted by Gasteiger charge is 2.26. The zero-order valence-electron chi connectivity index (χ0n) is 14.4. The van der Waals surface area contributed by atoms with Gasteiger partial charge in [-0.1, -0.05) is 26.0 Å². The van der Waals surface area contributed by atoms with Crippen LogP contribution >= 0.6 is 0 Å². The van der Waals surface area contributed by atoms with E-state index >= 15 is 0 Å². The van der Waals surface area contributed by atoms with Crippen LogP contribution in [0, 0.1) is 34.3 Å². The number of ether oxygens (including phenoxy) is 1. The molecule has 1 aromatic carbocycles. The van der Waals surface area contributed by atoms with Gasteiger partial charge in [-0.25, -0.2) is 4.98 Å². The topological polar surface area (TPSA) is 106 Å². The maximum Gasteiger partial charge on any atom is 0.314 e. The van der Waals surface area contributed by atoms with Crippen molar-refractivity contribution in [1.29, 1.82) is 5.26 Å². The average molecular weight is 341 g/mol. The molecule has 0 aliphatic carbocycles. The summed E-state index contributed by atoms with van der Waals surface area (Å²) < 4.78 is 5.28. The molecule has 25 heavy (non-hydrogen) atoms. The van der Waals surface area contributed by atoms with Crippen LogP contribution < -0.4 is 0 Å². The van der Waals surface area contributed by atoms with Gasteiger partial charge in [0.2, 0.25) is 0 Å². The number of para-hydroxylation sites is 1. The van der Waals surface area contributed by atoms with Crippen molar-refractivity contribution in [3.05, 3.63) is 45.6 Å². The number of esters is 1. The number of fused-ring (bicyclic) bond motifs is 1. The monoisotopic (exact) mass is 341 g/mol. The first-order valence-corrected chi connectivity index (χ1v) is 7.93. The lowest BCUT2D eigenvalue weighted by Crippen LogP contribution is -2.19. The van der Waals surface area contributed by atoms with Crippen LogP contribution in [-0.4, -0.2) is 22.5 Å². The molecule has 7 nitrogen and oxygen atoms in total. The Labute approximate surface area is 145 Å². The Morgan fingerprint density at radius 3 is 2.76 bits per heavy atom. The quantitative estimate of drug-likeness (QED) is 0.451. The minimum atomic E-state index is -0.764. The number of non-ortho nitro benzene ring substituents is 1. The fraction of sp³-hybridized carbons (Fsp3) is 0.389. The summed E-state index contributed by atoms with van der Waals surface area (Å²) in [7, 11) is 0. The van der Waals surface area contributed by atoms with Crippen LogP contribution in [0.4, 0.5) is 5.69 Å². The van der Waals surface area contributed by atoms with Gasteiger partial charge in [-0.15, -0.1) is 0 Å². The largest absolute Gasteiger partial charge is 0.465 e. The lowest BCUT2D eigenvalue weighted by molar-refractivity contribution is -0.383. The van der Waals surface area contributed by atoms with Gasteiger partial charge >= 0.3 is 5.97 Å².